The van der Waals surface area contributed by atoms with E-state index in [0.29, 0.717) is 0 Å². The van der Waals surface area contributed by atoms with Gasteiger partial charge in [0.05, 0.1) is 12.3 Å². The van der Waals surface area contributed by atoms with Crippen molar-refractivity contribution in [3.8, 4) is 10.6 Å². The maximum Gasteiger partial charge on any atom is 0.124 e. The average molecular weight is 270 g/mol. The number of thiazole rings is 1. The van der Waals surface area contributed by atoms with E-state index in [0.717, 1.165) is 20.7 Å². The molecule has 2 aromatic rings. The quantitative estimate of drug-likeness (QED) is 0.909. The lowest BCUT2D eigenvalue weighted by molar-refractivity contribution is 0.278. The minimum Gasteiger partial charge on any atom is -0.390 e. The molecule has 0 bridgehead atoms. The van der Waals surface area contributed by atoms with Gasteiger partial charge in [0.15, 0.2) is 0 Å². The molecule has 1 aromatic carbocycles. The molecule has 4 heteroatoms. The molecule has 0 spiro atoms. The van der Waals surface area contributed by atoms with Crippen LogP contribution in [0.4, 0.5) is 0 Å². The molecule has 0 amide bonds. The summed E-state index contributed by atoms with van der Waals surface area (Å²) < 4.78 is 1.03. The predicted octanol–water partition coefficient (Wildman–Crippen LogP) is 3.06. The van der Waals surface area contributed by atoms with E-state index in [1.807, 2.05) is 29.6 Å². The largest absolute Gasteiger partial charge is 0.390 e. The summed E-state index contributed by atoms with van der Waals surface area (Å²) in [6.45, 7) is 0.000945. The SMILES string of the molecule is OCc1csc(-c2ccccc2Br)n1. The number of halogens is 1. The average Bonchev–Trinajstić information content (AvgIpc) is 2.67. The molecule has 0 radical (unpaired) electrons. The van der Waals surface area contributed by atoms with Gasteiger partial charge >= 0.3 is 0 Å². The van der Waals surface area contributed by atoms with Gasteiger partial charge < -0.3 is 5.11 Å². The van der Waals surface area contributed by atoms with Crippen molar-refractivity contribution in [1.29, 1.82) is 0 Å². The zero-order valence-electron chi connectivity index (χ0n) is 7.27. The first-order valence-corrected chi connectivity index (χ1v) is 5.78. The molecule has 1 heterocycles. The van der Waals surface area contributed by atoms with Crippen LogP contribution in [-0.2, 0) is 6.61 Å². The van der Waals surface area contributed by atoms with Crippen LogP contribution >= 0.6 is 27.3 Å². The number of aliphatic hydroxyl groups is 1. The fraction of sp³-hybridized carbons (Fsp3) is 0.100. The molecule has 1 N–H and O–H groups in total. The molecule has 2 nitrogen and oxygen atoms in total. The summed E-state index contributed by atoms with van der Waals surface area (Å²) >= 11 is 5.01. The van der Waals surface area contributed by atoms with Crippen LogP contribution in [0.15, 0.2) is 34.1 Å². The Hall–Kier alpha value is -0.710. The molecule has 0 aliphatic heterocycles. The molecule has 1 aromatic heterocycles. The summed E-state index contributed by atoms with van der Waals surface area (Å²) in [4.78, 5) is 4.30. The van der Waals surface area contributed by atoms with E-state index in [9.17, 15) is 0 Å². The Morgan fingerprint density at radius 1 is 1.36 bits per heavy atom. The third-order valence-electron chi connectivity index (χ3n) is 1.82. The number of hydrogen-bond donors (Lipinski definition) is 1. The lowest BCUT2D eigenvalue weighted by atomic mass is 10.2. The molecule has 0 aliphatic carbocycles. The molecule has 2 rings (SSSR count). The zero-order chi connectivity index (χ0) is 9.97. The van der Waals surface area contributed by atoms with Gasteiger partial charge in [0.2, 0.25) is 0 Å². The molecule has 0 saturated carbocycles. The Morgan fingerprint density at radius 2 is 2.14 bits per heavy atom. The van der Waals surface area contributed by atoms with E-state index in [4.69, 9.17) is 5.11 Å². The van der Waals surface area contributed by atoms with E-state index in [2.05, 4.69) is 20.9 Å². The smallest absolute Gasteiger partial charge is 0.124 e. The van der Waals surface area contributed by atoms with Gasteiger partial charge in [-0.3, -0.25) is 0 Å². The van der Waals surface area contributed by atoms with Crippen molar-refractivity contribution in [3.05, 3.63) is 39.8 Å². The molecule has 0 saturated heterocycles. The lowest BCUT2D eigenvalue weighted by Gasteiger charge is -1.98. The highest BCUT2D eigenvalue weighted by Gasteiger charge is 2.06. The van der Waals surface area contributed by atoms with Gasteiger partial charge in [0, 0.05) is 15.4 Å². The second-order valence-electron chi connectivity index (χ2n) is 2.78. The third kappa shape index (κ3) is 1.87. The van der Waals surface area contributed by atoms with Gasteiger partial charge in [-0.25, -0.2) is 4.98 Å². The molecule has 0 aliphatic rings. The molecule has 0 fully saturated rings. The number of nitrogens with zero attached hydrogens (tertiary/aromatic N) is 1. The Kier molecular flexibility index (Phi) is 2.96. The standard InChI is InChI=1S/C10H8BrNOS/c11-9-4-2-1-3-8(9)10-12-7(5-13)6-14-10/h1-4,6,13H,5H2. The second kappa shape index (κ2) is 4.21. The highest BCUT2D eigenvalue weighted by molar-refractivity contribution is 9.10. The lowest BCUT2D eigenvalue weighted by Crippen LogP contribution is -1.83. The molecule has 72 valence electrons. The van der Waals surface area contributed by atoms with Crippen LogP contribution in [0.25, 0.3) is 10.6 Å². The van der Waals surface area contributed by atoms with Crippen molar-refractivity contribution in [3.63, 3.8) is 0 Å². The normalized spacial score (nSPS) is 10.4. The highest BCUT2D eigenvalue weighted by atomic mass is 79.9. The Labute approximate surface area is 94.4 Å². The van der Waals surface area contributed by atoms with Crippen molar-refractivity contribution in [2.24, 2.45) is 0 Å². The highest BCUT2D eigenvalue weighted by Crippen LogP contribution is 2.30. The Balaban J connectivity index is 2.44. The van der Waals surface area contributed by atoms with Crippen LogP contribution in [0.1, 0.15) is 5.69 Å². The molecule has 14 heavy (non-hydrogen) atoms. The maximum absolute atomic E-state index is 8.90. The van der Waals surface area contributed by atoms with Crippen LogP contribution in [0.2, 0.25) is 0 Å². The van der Waals surface area contributed by atoms with Gasteiger partial charge in [-0.1, -0.05) is 34.1 Å². The third-order valence-corrected chi connectivity index (χ3v) is 3.43. The van der Waals surface area contributed by atoms with Crippen LogP contribution in [0.3, 0.4) is 0 Å². The minimum atomic E-state index is 0.000945. The Morgan fingerprint density at radius 3 is 2.79 bits per heavy atom. The Bertz CT molecular complexity index is 441. The monoisotopic (exact) mass is 269 g/mol. The van der Waals surface area contributed by atoms with Gasteiger partial charge in [-0.05, 0) is 6.07 Å². The van der Waals surface area contributed by atoms with E-state index in [-0.39, 0.29) is 6.61 Å². The fourth-order valence-electron chi connectivity index (χ4n) is 1.14. The van der Waals surface area contributed by atoms with Crippen molar-refractivity contribution >= 4 is 27.3 Å². The topological polar surface area (TPSA) is 33.1 Å². The maximum atomic E-state index is 8.90. The number of rotatable bonds is 2. The van der Waals surface area contributed by atoms with Gasteiger partial charge in [-0.15, -0.1) is 11.3 Å². The van der Waals surface area contributed by atoms with E-state index in [1.54, 1.807) is 11.3 Å². The number of aromatic nitrogens is 1. The first-order valence-electron chi connectivity index (χ1n) is 4.11. The predicted molar refractivity (Wildman–Crippen MR) is 61.2 cm³/mol. The molecular weight excluding hydrogens is 262 g/mol. The first-order chi connectivity index (χ1) is 6.81. The van der Waals surface area contributed by atoms with Gasteiger partial charge in [0.25, 0.3) is 0 Å². The summed E-state index contributed by atoms with van der Waals surface area (Å²) in [5, 5.41) is 11.7. The van der Waals surface area contributed by atoms with Crippen molar-refractivity contribution < 1.29 is 5.11 Å². The van der Waals surface area contributed by atoms with Crippen molar-refractivity contribution in [2.75, 3.05) is 0 Å². The second-order valence-corrected chi connectivity index (χ2v) is 4.49. The van der Waals surface area contributed by atoms with E-state index in [1.165, 1.54) is 0 Å². The summed E-state index contributed by atoms with van der Waals surface area (Å²) in [5.74, 6) is 0. The van der Waals surface area contributed by atoms with E-state index < -0.39 is 0 Å². The summed E-state index contributed by atoms with van der Waals surface area (Å²) in [6.07, 6.45) is 0. The molecule has 0 atom stereocenters. The van der Waals surface area contributed by atoms with E-state index >= 15 is 0 Å². The summed E-state index contributed by atoms with van der Waals surface area (Å²) in [5.41, 5.74) is 1.79. The molecule has 0 unspecified atom stereocenters. The van der Waals surface area contributed by atoms with Crippen LogP contribution in [0, 0.1) is 0 Å². The van der Waals surface area contributed by atoms with Crippen LogP contribution in [0.5, 0.6) is 0 Å². The zero-order valence-corrected chi connectivity index (χ0v) is 9.68. The first kappa shape index (κ1) is 9.83. The van der Waals surface area contributed by atoms with Gasteiger partial charge in [-0.2, -0.15) is 0 Å². The number of hydrogen-bond acceptors (Lipinski definition) is 3. The van der Waals surface area contributed by atoms with Gasteiger partial charge in [0.1, 0.15) is 5.01 Å². The van der Waals surface area contributed by atoms with Crippen LogP contribution < -0.4 is 0 Å². The summed E-state index contributed by atoms with van der Waals surface area (Å²) in [7, 11) is 0. The number of benzene rings is 1. The fourth-order valence-corrected chi connectivity index (χ4v) is 2.59. The molecular formula is C10H8BrNOS. The summed E-state index contributed by atoms with van der Waals surface area (Å²) in [6, 6.07) is 7.92. The van der Waals surface area contributed by atoms with Crippen molar-refractivity contribution in [1.82, 2.24) is 4.98 Å². The van der Waals surface area contributed by atoms with Crippen LogP contribution in [-0.4, -0.2) is 10.1 Å². The minimum absolute atomic E-state index is 0.000945. The number of aliphatic hydroxyl groups excluding tert-OH is 1. The van der Waals surface area contributed by atoms with Crippen molar-refractivity contribution in [2.45, 2.75) is 6.61 Å².